The van der Waals surface area contributed by atoms with Gasteiger partial charge in [0.2, 0.25) is 0 Å². The van der Waals surface area contributed by atoms with Gasteiger partial charge >= 0.3 is 6.03 Å². The Hall–Kier alpha value is -2.62. The number of carbonyl (C=O) groups excluding carboxylic acids is 2. The predicted octanol–water partition coefficient (Wildman–Crippen LogP) is 3.35. The Bertz CT molecular complexity index is 725. The third-order valence-corrected chi connectivity index (χ3v) is 4.43. The number of nitrogens with zero attached hydrogens (tertiary/aromatic N) is 1. The molecule has 1 fully saturated rings. The van der Waals surface area contributed by atoms with E-state index in [-0.39, 0.29) is 11.9 Å². The van der Waals surface area contributed by atoms with E-state index in [9.17, 15) is 9.59 Å². The molecular weight excluding hydrogens is 288 g/mol. The minimum absolute atomic E-state index is 0.184. The average Bonchev–Trinajstić information content (AvgIpc) is 2.83. The lowest BCUT2D eigenvalue weighted by molar-refractivity contribution is -0.132. The first-order valence-corrected chi connectivity index (χ1v) is 7.82. The Kier molecular flexibility index (Phi) is 3.90. The average molecular weight is 308 g/mol. The zero-order chi connectivity index (χ0) is 16.4. The molecule has 0 radical (unpaired) electrons. The van der Waals surface area contributed by atoms with Crippen molar-refractivity contribution in [3.63, 3.8) is 0 Å². The van der Waals surface area contributed by atoms with Gasteiger partial charge in [-0.25, -0.2) is 4.79 Å². The Morgan fingerprint density at radius 1 is 1.00 bits per heavy atom. The number of nitrogens with one attached hydrogen (secondary N) is 1. The molecule has 23 heavy (non-hydrogen) atoms. The largest absolute Gasteiger partial charge is 0.325 e. The summed E-state index contributed by atoms with van der Waals surface area (Å²) >= 11 is 0. The maximum atomic E-state index is 13.0. The van der Waals surface area contributed by atoms with Crippen LogP contribution in [0.2, 0.25) is 0 Å². The highest BCUT2D eigenvalue weighted by atomic mass is 16.2. The standard InChI is InChI=1S/C19H20N2O2/c1-3-19(16-7-5-4-6-8-16)17(22)21(18(23)20-19)13-15-11-9-14(2)10-12-15/h4-12H,3,13H2,1-2H3,(H,20,23)/t19-/m0/s1. The summed E-state index contributed by atoms with van der Waals surface area (Å²) in [6, 6.07) is 17.0. The molecule has 1 aliphatic heterocycles. The molecule has 3 rings (SSSR count). The Morgan fingerprint density at radius 2 is 1.65 bits per heavy atom. The van der Waals surface area contributed by atoms with Gasteiger partial charge in [0.05, 0.1) is 6.54 Å². The van der Waals surface area contributed by atoms with Gasteiger partial charge in [0.25, 0.3) is 5.91 Å². The maximum Gasteiger partial charge on any atom is 0.325 e. The summed E-state index contributed by atoms with van der Waals surface area (Å²) in [5.74, 6) is -0.184. The van der Waals surface area contributed by atoms with Gasteiger partial charge in [0.1, 0.15) is 5.54 Å². The summed E-state index contributed by atoms with van der Waals surface area (Å²) in [4.78, 5) is 26.7. The van der Waals surface area contributed by atoms with Gasteiger partial charge in [-0.05, 0) is 24.5 Å². The third-order valence-electron chi connectivity index (χ3n) is 4.43. The van der Waals surface area contributed by atoms with Crippen molar-refractivity contribution in [1.82, 2.24) is 10.2 Å². The number of hydrogen-bond donors (Lipinski definition) is 1. The van der Waals surface area contributed by atoms with Crippen molar-refractivity contribution in [2.24, 2.45) is 0 Å². The molecule has 1 heterocycles. The summed E-state index contributed by atoms with van der Waals surface area (Å²) < 4.78 is 0. The van der Waals surface area contributed by atoms with Crippen LogP contribution >= 0.6 is 0 Å². The van der Waals surface area contributed by atoms with E-state index in [1.54, 1.807) is 0 Å². The predicted molar refractivity (Wildman–Crippen MR) is 88.7 cm³/mol. The summed E-state index contributed by atoms with van der Waals surface area (Å²) in [7, 11) is 0. The number of imide groups is 1. The maximum absolute atomic E-state index is 13.0. The molecule has 4 heteroatoms. The van der Waals surface area contributed by atoms with E-state index in [1.165, 1.54) is 4.90 Å². The van der Waals surface area contributed by atoms with Crippen molar-refractivity contribution >= 4 is 11.9 Å². The number of rotatable bonds is 4. The van der Waals surface area contributed by atoms with E-state index in [0.29, 0.717) is 13.0 Å². The number of benzene rings is 2. The first-order chi connectivity index (χ1) is 11.1. The first-order valence-electron chi connectivity index (χ1n) is 7.82. The normalized spacial score (nSPS) is 20.7. The van der Waals surface area contributed by atoms with Crippen LogP contribution in [0.5, 0.6) is 0 Å². The van der Waals surface area contributed by atoms with Crippen molar-refractivity contribution in [3.05, 3.63) is 71.3 Å². The fourth-order valence-corrected chi connectivity index (χ4v) is 3.01. The fraction of sp³-hybridized carbons (Fsp3) is 0.263. The highest BCUT2D eigenvalue weighted by molar-refractivity contribution is 6.07. The van der Waals surface area contributed by atoms with E-state index in [2.05, 4.69) is 5.32 Å². The van der Waals surface area contributed by atoms with Crippen LogP contribution < -0.4 is 5.32 Å². The molecule has 1 atom stereocenters. The Labute approximate surface area is 136 Å². The highest BCUT2D eigenvalue weighted by Crippen LogP contribution is 2.33. The number of aryl methyl sites for hydroxylation is 1. The van der Waals surface area contributed by atoms with Crippen molar-refractivity contribution in [1.29, 1.82) is 0 Å². The van der Waals surface area contributed by atoms with Crippen LogP contribution in [0.15, 0.2) is 54.6 Å². The van der Waals surface area contributed by atoms with Crippen LogP contribution in [0.1, 0.15) is 30.0 Å². The second-order valence-electron chi connectivity index (χ2n) is 5.93. The van der Waals surface area contributed by atoms with Gasteiger partial charge in [-0.15, -0.1) is 0 Å². The molecule has 118 valence electrons. The molecule has 0 unspecified atom stereocenters. The molecule has 0 saturated carbocycles. The summed E-state index contributed by atoms with van der Waals surface area (Å²) in [5.41, 5.74) is 1.97. The quantitative estimate of drug-likeness (QED) is 0.881. The lowest BCUT2D eigenvalue weighted by Crippen LogP contribution is -2.43. The van der Waals surface area contributed by atoms with Gasteiger partial charge in [-0.2, -0.15) is 0 Å². The van der Waals surface area contributed by atoms with Gasteiger partial charge in [0, 0.05) is 0 Å². The SMILES string of the molecule is CC[C@@]1(c2ccccc2)NC(=O)N(Cc2ccc(C)cc2)C1=O. The molecule has 1 aliphatic rings. The zero-order valence-electron chi connectivity index (χ0n) is 13.4. The number of urea groups is 1. The van der Waals surface area contributed by atoms with Crippen molar-refractivity contribution in [3.8, 4) is 0 Å². The van der Waals surface area contributed by atoms with Gasteiger partial charge < -0.3 is 5.32 Å². The van der Waals surface area contributed by atoms with Crippen LogP contribution in [0.4, 0.5) is 4.79 Å². The molecule has 4 nitrogen and oxygen atoms in total. The molecule has 0 aliphatic carbocycles. The van der Waals surface area contributed by atoms with Gasteiger partial charge in [-0.1, -0.05) is 67.1 Å². The molecule has 0 spiro atoms. The van der Waals surface area contributed by atoms with Crippen LogP contribution in [-0.4, -0.2) is 16.8 Å². The number of amides is 3. The number of hydrogen-bond acceptors (Lipinski definition) is 2. The van der Waals surface area contributed by atoms with Crippen LogP contribution in [0.25, 0.3) is 0 Å². The topological polar surface area (TPSA) is 49.4 Å². The monoisotopic (exact) mass is 308 g/mol. The van der Waals surface area contributed by atoms with E-state index in [4.69, 9.17) is 0 Å². The van der Waals surface area contributed by atoms with Crippen LogP contribution in [0.3, 0.4) is 0 Å². The second-order valence-corrected chi connectivity index (χ2v) is 5.93. The van der Waals surface area contributed by atoms with Crippen molar-refractivity contribution in [2.45, 2.75) is 32.4 Å². The molecule has 1 N–H and O–H groups in total. The van der Waals surface area contributed by atoms with Crippen LogP contribution in [0, 0.1) is 6.92 Å². The molecule has 0 bridgehead atoms. The van der Waals surface area contributed by atoms with Crippen molar-refractivity contribution in [2.75, 3.05) is 0 Å². The zero-order valence-corrected chi connectivity index (χ0v) is 13.4. The lowest BCUT2D eigenvalue weighted by atomic mass is 9.87. The fourth-order valence-electron chi connectivity index (χ4n) is 3.01. The third kappa shape index (κ3) is 2.61. The molecule has 2 aromatic carbocycles. The Morgan fingerprint density at radius 3 is 2.26 bits per heavy atom. The summed E-state index contributed by atoms with van der Waals surface area (Å²) in [6.45, 7) is 4.22. The van der Waals surface area contributed by atoms with Gasteiger partial charge in [-0.3, -0.25) is 9.69 Å². The smallest absolute Gasteiger partial charge is 0.319 e. The van der Waals surface area contributed by atoms with Crippen molar-refractivity contribution < 1.29 is 9.59 Å². The molecule has 2 aromatic rings. The summed E-state index contributed by atoms with van der Waals surface area (Å²) in [6.07, 6.45) is 0.520. The highest BCUT2D eigenvalue weighted by Gasteiger charge is 2.50. The van der Waals surface area contributed by atoms with Gasteiger partial charge in [0.15, 0.2) is 0 Å². The van der Waals surface area contributed by atoms with E-state index in [0.717, 1.165) is 16.7 Å². The minimum Gasteiger partial charge on any atom is -0.319 e. The summed E-state index contributed by atoms with van der Waals surface area (Å²) in [5, 5.41) is 2.90. The molecule has 3 amide bonds. The first kappa shape index (κ1) is 15.3. The lowest BCUT2D eigenvalue weighted by Gasteiger charge is -2.25. The molecule has 0 aromatic heterocycles. The van der Waals surface area contributed by atoms with E-state index in [1.807, 2.05) is 68.4 Å². The number of carbonyl (C=O) groups is 2. The van der Waals surface area contributed by atoms with E-state index < -0.39 is 5.54 Å². The van der Waals surface area contributed by atoms with E-state index >= 15 is 0 Å². The van der Waals surface area contributed by atoms with Crippen LogP contribution in [-0.2, 0) is 16.9 Å². The Balaban J connectivity index is 1.91. The molecular formula is C19H20N2O2. The molecule has 1 saturated heterocycles. The minimum atomic E-state index is -0.955. The second kappa shape index (κ2) is 5.88.